The van der Waals surface area contributed by atoms with Gasteiger partial charge in [0.1, 0.15) is 5.82 Å². The Morgan fingerprint density at radius 2 is 2.00 bits per heavy atom. The first kappa shape index (κ1) is 19.4. The summed E-state index contributed by atoms with van der Waals surface area (Å²) in [6.07, 6.45) is 4.16. The summed E-state index contributed by atoms with van der Waals surface area (Å²) in [7, 11) is 0. The fourth-order valence-electron chi connectivity index (χ4n) is 4.01. The van der Waals surface area contributed by atoms with Crippen molar-refractivity contribution in [3.63, 3.8) is 0 Å². The van der Waals surface area contributed by atoms with Crippen LogP contribution in [0, 0.1) is 5.82 Å². The summed E-state index contributed by atoms with van der Waals surface area (Å²) < 4.78 is 16.5. The van der Waals surface area contributed by atoms with Crippen LogP contribution in [0.2, 0.25) is 0 Å². The van der Waals surface area contributed by atoms with E-state index in [4.69, 9.17) is 0 Å². The third-order valence-corrected chi connectivity index (χ3v) is 5.69. The molecule has 0 saturated carbocycles. The number of aromatic nitrogens is 4. The maximum atomic E-state index is 14.6. The maximum Gasteiger partial charge on any atom is 0.257 e. The SMILES string of the molecule is CC(C)n1cc2c(n1)CN(C(=O)c1cc(Cc3nncc4ccccc34)ccc1F)C2. The highest BCUT2D eigenvalue weighted by Gasteiger charge is 2.29. The minimum absolute atomic E-state index is 0.0765. The first-order chi connectivity index (χ1) is 15.0. The number of benzene rings is 2. The first-order valence-electron chi connectivity index (χ1n) is 10.3. The molecule has 0 radical (unpaired) electrons. The number of hydrogen-bond donors (Lipinski definition) is 0. The van der Waals surface area contributed by atoms with Crippen LogP contribution in [0.4, 0.5) is 4.39 Å². The summed E-state index contributed by atoms with van der Waals surface area (Å²) in [4.78, 5) is 14.7. The normalized spacial score (nSPS) is 13.2. The van der Waals surface area contributed by atoms with E-state index in [9.17, 15) is 9.18 Å². The highest BCUT2D eigenvalue weighted by atomic mass is 19.1. The van der Waals surface area contributed by atoms with Crippen molar-refractivity contribution in [1.29, 1.82) is 0 Å². The van der Waals surface area contributed by atoms with Crippen molar-refractivity contribution in [3.05, 3.63) is 88.8 Å². The van der Waals surface area contributed by atoms with Gasteiger partial charge in [0.2, 0.25) is 0 Å². The summed E-state index contributed by atoms with van der Waals surface area (Å²) in [5.74, 6) is -0.841. The second kappa shape index (κ2) is 7.58. The molecular formula is C24H22FN5O. The van der Waals surface area contributed by atoms with Crippen LogP contribution in [0.5, 0.6) is 0 Å². The van der Waals surface area contributed by atoms with Crippen LogP contribution in [0.3, 0.4) is 0 Å². The third-order valence-electron chi connectivity index (χ3n) is 5.69. The number of carbonyl (C=O) groups is 1. The van der Waals surface area contributed by atoms with E-state index < -0.39 is 5.82 Å². The van der Waals surface area contributed by atoms with Gasteiger partial charge in [-0.1, -0.05) is 30.3 Å². The molecule has 5 rings (SSSR count). The molecule has 0 N–H and O–H groups in total. The van der Waals surface area contributed by atoms with E-state index in [1.165, 1.54) is 6.07 Å². The average Bonchev–Trinajstić information content (AvgIpc) is 3.34. The van der Waals surface area contributed by atoms with Gasteiger partial charge in [-0.3, -0.25) is 9.48 Å². The number of carbonyl (C=O) groups excluding carboxylic acids is 1. The zero-order valence-corrected chi connectivity index (χ0v) is 17.4. The minimum atomic E-state index is -0.519. The predicted octanol–water partition coefficient (Wildman–Crippen LogP) is 4.29. The quantitative estimate of drug-likeness (QED) is 0.499. The van der Waals surface area contributed by atoms with E-state index in [1.807, 2.05) is 35.1 Å². The topological polar surface area (TPSA) is 63.9 Å². The minimum Gasteiger partial charge on any atom is -0.328 e. The zero-order valence-electron chi connectivity index (χ0n) is 17.4. The number of amides is 1. The van der Waals surface area contributed by atoms with Gasteiger partial charge >= 0.3 is 0 Å². The standard InChI is InChI=1S/C24H22FN5O/c1-15(2)30-13-18-12-29(14-23(18)28-30)24(31)20-9-16(7-8-21(20)25)10-22-19-6-4-3-5-17(19)11-26-27-22/h3-9,11,13,15H,10,12,14H2,1-2H3. The van der Waals surface area contributed by atoms with Gasteiger partial charge < -0.3 is 4.90 Å². The van der Waals surface area contributed by atoms with E-state index in [0.29, 0.717) is 19.5 Å². The summed E-state index contributed by atoms with van der Waals surface area (Å²) in [6.45, 7) is 4.96. The predicted molar refractivity (Wildman–Crippen MR) is 115 cm³/mol. The molecule has 0 saturated heterocycles. The molecular weight excluding hydrogens is 393 g/mol. The lowest BCUT2D eigenvalue weighted by Gasteiger charge is -2.17. The lowest BCUT2D eigenvalue weighted by atomic mass is 10.0. The molecule has 4 aromatic rings. The van der Waals surface area contributed by atoms with Crippen LogP contribution < -0.4 is 0 Å². The van der Waals surface area contributed by atoms with Crippen molar-refractivity contribution in [3.8, 4) is 0 Å². The molecule has 1 aliphatic rings. The second-order valence-electron chi connectivity index (χ2n) is 8.21. The monoisotopic (exact) mass is 415 g/mol. The third kappa shape index (κ3) is 3.56. The van der Waals surface area contributed by atoms with Crippen molar-refractivity contribution >= 4 is 16.7 Å². The van der Waals surface area contributed by atoms with Crippen LogP contribution >= 0.6 is 0 Å². The van der Waals surface area contributed by atoms with Gasteiger partial charge in [0.05, 0.1) is 29.7 Å². The Bertz CT molecular complexity index is 1270. The molecule has 0 unspecified atom stereocenters. The van der Waals surface area contributed by atoms with Gasteiger partial charge in [-0.25, -0.2) is 4.39 Å². The molecule has 0 atom stereocenters. The first-order valence-corrected chi connectivity index (χ1v) is 10.3. The summed E-state index contributed by atoms with van der Waals surface area (Å²) in [6, 6.07) is 12.8. The fraction of sp³-hybridized carbons (Fsp3) is 0.250. The lowest BCUT2D eigenvalue weighted by molar-refractivity contribution is 0.0744. The number of halogens is 1. The van der Waals surface area contributed by atoms with Crippen molar-refractivity contribution in [1.82, 2.24) is 24.9 Å². The molecule has 156 valence electrons. The maximum absolute atomic E-state index is 14.6. The number of rotatable bonds is 4. The molecule has 0 spiro atoms. The average molecular weight is 415 g/mol. The largest absolute Gasteiger partial charge is 0.328 e. The molecule has 1 amide bonds. The molecule has 7 heteroatoms. The Labute approximate surface area is 179 Å². The van der Waals surface area contributed by atoms with Crippen LogP contribution in [0.15, 0.2) is 54.9 Å². The van der Waals surface area contributed by atoms with Crippen molar-refractivity contribution < 1.29 is 9.18 Å². The molecule has 1 aliphatic heterocycles. The van der Waals surface area contributed by atoms with Crippen LogP contribution in [0.1, 0.15) is 52.8 Å². The Hall–Kier alpha value is -3.61. The van der Waals surface area contributed by atoms with Gasteiger partial charge in [-0.2, -0.15) is 15.3 Å². The molecule has 3 heterocycles. The highest BCUT2D eigenvalue weighted by Crippen LogP contribution is 2.26. The number of nitrogens with zero attached hydrogens (tertiary/aromatic N) is 5. The van der Waals surface area contributed by atoms with Gasteiger partial charge in [0.25, 0.3) is 5.91 Å². The number of hydrogen-bond acceptors (Lipinski definition) is 4. The Morgan fingerprint density at radius 3 is 2.81 bits per heavy atom. The van der Waals surface area contributed by atoms with Gasteiger partial charge in [-0.05, 0) is 31.5 Å². The lowest BCUT2D eigenvalue weighted by Crippen LogP contribution is -2.27. The van der Waals surface area contributed by atoms with Crippen LogP contribution in [-0.2, 0) is 19.5 Å². The molecule has 0 aliphatic carbocycles. The Kier molecular flexibility index (Phi) is 4.73. The van der Waals surface area contributed by atoms with E-state index >= 15 is 0 Å². The van der Waals surface area contributed by atoms with Crippen molar-refractivity contribution in [2.24, 2.45) is 0 Å². The van der Waals surface area contributed by atoms with Crippen molar-refractivity contribution in [2.45, 2.75) is 39.4 Å². The summed E-state index contributed by atoms with van der Waals surface area (Å²) >= 11 is 0. The van der Waals surface area contributed by atoms with Gasteiger partial charge in [-0.15, -0.1) is 0 Å². The highest BCUT2D eigenvalue weighted by molar-refractivity contribution is 5.95. The second-order valence-corrected chi connectivity index (χ2v) is 8.21. The number of fused-ring (bicyclic) bond motifs is 2. The fourth-order valence-corrected chi connectivity index (χ4v) is 4.01. The molecule has 31 heavy (non-hydrogen) atoms. The van der Waals surface area contributed by atoms with Gasteiger partial charge in [0.15, 0.2) is 0 Å². The van der Waals surface area contributed by atoms with Crippen LogP contribution in [0.25, 0.3) is 10.8 Å². The van der Waals surface area contributed by atoms with E-state index in [0.717, 1.165) is 33.3 Å². The smallest absolute Gasteiger partial charge is 0.257 e. The Morgan fingerprint density at radius 1 is 1.16 bits per heavy atom. The van der Waals surface area contributed by atoms with Crippen LogP contribution in [-0.4, -0.2) is 30.8 Å². The molecule has 0 bridgehead atoms. The summed E-state index contributed by atoms with van der Waals surface area (Å²) in [5.41, 5.74) is 3.59. The molecule has 0 fully saturated rings. The van der Waals surface area contributed by atoms with E-state index in [1.54, 1.807) is 23.2 Å². The summed E-state index contributed by atoms with van der Waals surface area (Å²) in [5, 5.41) is 14.9. The zero-order chi connectivity index (χ0) is 21.5. The molecule has 2 aromatic heterocycles. The van der Waals surface area contributed by atoms with E-state index in [2.05, 4.69) is 29.1 Å². The van der Waals surface area contributed by atoms with Gasteiger partial charge in [0, 0.05) is 41.5 Å². The molecule has 2 aromatic carbocycles. The van der Waals surface area contributed by atoms with E-state index in [-0.39, 0.29) is 17.5 Å². The molecule has 6 nitrogen and oxygen atoms in total. The Balaban J connectivity index is 1.40. The van der Waals surface area contributed by atoms with Crippen molar-refractivity contribution in [2.75, 3.05) is 0 Å².